The van der Waals surface area contributed by atoms with Gasteiger partial charge in [-0.15, -0.1) is 0 Å². The molecule has 3 nitrogen and oxygen atoms in total. The van der Waals surface area contributed by atoms with Crippen molar-refractivity contribution in [2.24, 2.45) is 0 Å². The first-order chi connectivity index (χ1) is 5.39. The highest BCUT2D eigenvalue weighted by Gasteiger charge is 2.16. The van der Waals surface area contributed by atoms with Crippen molar-refractivity contribution in [3.8, 4) is 0 Å². The summed E-state index contributed by atoms with van der Waals surface area (Å²) in [5.74, 6) is 0.868. The number of nitrogens with zero attached hydrogens (tertiary/aromatic N) is 3. The van der Waals surface area contributed by atoms with Crippen molar-refractivity contribution in [2.45, 2.75) is 13.8 Å². The monoisotopic (exact) mass is 166 g/mol. The molecule has 1 rings (SSSR count). The maximum Gasteiger partial charge on any atom is 0.328 e. The molecule has 0 saturated heterocycles. The van der Waals surface area contributed by atoms with E-state index in [1.54, 1.807) is 0 Å². The zero-order chi connectivity index (χ0) is 9.35. The molecule has 1 heterocycles. The predicted molar refractivity (Wildman–Crippen MR) is 51.1 cm³/mol. The average Bonchev–Trinajstić information content (AvgIpc) is 1.82. The highest BCUT2D eigenvalue weighted by atomic mass is 15.4. The third kappa shape index (κ3) is 2.01. The molecule has 1 aromatic heterocycles. The molecule has 0 amide bonds. The molecule has 3 heteroatoms. The molecular formula is C9H16N3+. The van der Waals surface area contributed by atoms with Crippen molar-refractivity contribution in [3.63, 3.8) is 0 Å². The summed E-state index contributed by atoms with van der Waals surface area (Å²) in [7, 11) is 6.19. The summed E-state index contributed by atoms with van der Waals surface area (Å²) in [5.41, 5.74) is 2.07. The number of aromatic nitrogens is 2. The van der Waals surface area contributed by atoms with Gasteiger partial charge in [-0.2, -0.15) is 9.97 Å². The third-order valence-electron chi connectivity index (χ3n) is 1.57. The quantitative estimate of drug-likeness (QED) is 0.587. The molecule has 0 aliphatic carbocycles. The summed E-state index contributed by atoms with van der Waals surface area (Å²) in [5, 5.41) is 0. The fourth-order valence-electron chi connectivity index (χ4n) is 1.01. The van der Waals surface area contributed by atoms with Crippen molar-refractivity contribution in [1.82, 2.24) is 14.5 Å². The largest absolute Gasteiger partial charge is 0.328 e. The lowest BCUT2D eigenvalue weighted by Gasteiger charge is -2.20. The first-order valence-corrected chi connectivity index (χ1v) is 4.04. The maximum atomic E-state index is 4.37. The minimum Gasteiger partial charge on any atom is -0.264 e. The van der Waals surface area contributed by atoms with E-state index in [2.05, 4.69) is 31.1 Å². The molecule has 0 saturated carbocycles. The average molecular weight is 166 g/mol. The second kappa shape index (κ2) is 2.83. The fourth-order valence-corrected chi connectivity index (χ4v) is 1.01. The van der Waals surface area contributed by atoms with E-state index in [-0.39, 0.29) is 0 Å². The van der Waals surface area contributed by atoms with E-state index in [0.717, 1.165) is 17.3 Å². The van der Waals surface area contributed by atoms with Gasteiger partial charge in [0.05, 0.1) is 21.1 Å². The Morgan fingerprint density at radius 2 is 1.42 bits per heavy atom. The first-order valence-electron chi connectivity index (χ1n) is 4.04. The Bertz CT molecular complexity index is 266. The molecule has 66 valence electrons. The van der Waals surface area contributed by atoms with Crippen LogP contribution in [0.15, 0.2) is 6.07 Å². The lowest BCUT2D eigenvalue weighted by Crippen LogP contribution is -2.37. The van der Waals surface area contributed by atoms with E-state index in [4.69, 9.17) is 0 Å². The van der Waals surface area contributed by atoms with Gasteiger partial charge in [0.25, 0.3) is 0 Å². The molecule has 0 aliphatic rings. The van der Waals surface area contributed by atoms with E-state index in [9.17, 15) is 0 Å². The molecule has 0 aliphatic heterocycles. The molecule has 0 aromatic carbocycles. The van der Waals surface area contributed by atoms with Gasteiger partial charge >= 0.3 is 5.95 Å². The van der Waals surface area contributed by atoms with Crippen LogP contribution in [0.4, 0.5) is 5.95 Å². The molecule has 0 unspecified atom stereocenters. The Hall–Kier alpha value is -0.960. The number of rotatable bonds is 1. The Labute approximate surface area is 73.7 Å². The highest BCUT2D eigenvalue weighted by Crippen LogP contribution is 2.10. The van der Waals surface area contributed by atoms with Gasteiger partial charge in [-0.05, 0) is 19.9 Å². The molecule has 0 N–H and O–H groups in total. The van der Waals surface area contributed by atoms with E-state index in [0.29, 0.717) is 4.48 Å². The molecule has 0 bridgehead atoms. The van der Waals surface area contributed by atoms with Gasteiger partial charge in [0.15, 0.2) is 0 Å². The van der Waals surface area contributed by atoms with Crippen molar-refractivity contribution in [1.29, 1.82) is 0 Å². The van der Waals surface area contributed by atoms with Crippen molar-refractivity contribution < 1.29 is 0 Å². The second-order valence-corrected chi connectivity index (χ2v) is 3.96. The summed E-state index contributed by atoms with van der Waals surface area (Å²) in [6, 6.07) is 1.99. The number of quaternary nitrogens is 1. The van der Waals surface area contributed by atoms with Crippen LogP contribution in [0.25, 0.3) is 0 Å². The van der Waals surface area contributed by atoms with E-state index >= 15 is 0 Å². The van der Waals surface area contributed by atoms with Gasteiger partial charge in [-0.25, -0.2) is 0 Å². The first kappa shape index (κ1) is 9.13. The standard InChI is InChI=1S/C9H16N3/c1-7-6-8(2)11-9(10-7)12(3,4)5/h6H,1-5H3/q+1. The smallest absolute Gasteiger partial charge is 0.264 e. The maximum absolute atomic E-state index is 4.37. The predicted octanol–water partition coefficient (Wildman–Crippen LogP) is 1.29. The molecule has 0 radical (unpaired) electrons. The molecular weight excluding hydrogens is 150 g/mol. The Morgan fingerprint density at radius 1 is 1.00 bits per heavy atom. The number of hydrogen-bond donors (Lipinski definition) is 0. The normalized spacial score (nSPS) is 11.8. The summed E-state index contributed by atoms with van der Waals surface area (Å²) >= 11 is 0. The zero-order valence-corrected chi connectivity index (χ0v) is 8.42. The Kier molecular flexibility index (Phi) is 2.15. The second-order valence-electron chi connectivity index (χ2n) is 3.96. The van der Waals surface area contributed by atoms with Crippen LogP contribution in [-0.4, -0.2) is 31.1 Å². The van der Waals surface area contributed by atoms with Gasteiger partial charge in [-0.1, -0.05) is 0 Å². The molecule has 0 fully saturated rings. The summed E-state index contributed by atoms with van der Waals surface area (Å²) < 4.78 is 0.669. The van der Waals surface area contributed by atoms with Gasteiger partial charge in [0, 0.05) is 11.4 Å². The zero-order valence-electron chi connectivity index (χ0n) is 8.42. The van der Waals surface area contributed by atoms with Gasteiger partial charge in [-0.3, -0.25) is 4.48 Å². The molecule has 1 aromatic rings. The minimum absolute atomic E-state index is 0.669. The molecule has 0 atom stereocenters. The van der Waals surface area contributed by atoms with Crippen LogP contribution >= 0.6 is 0 Å². The van der Waals surface area contributed by atoms with E-state index in [1.165, 1.54) is 0 Å². The number of hydrogen-bond acceptors (Lipinski definition) is 2. The fraction of sp³-hybridized carbons (Fsp3) is 0.556. The lowest BCUT2D eigenvalue weighted by atomic mass is 10.3. The van der Waals surface area contributed by atoms with Crippen molar-refractivity contribution >= 4 is 5.95 Å². The summed E-state index contributed by atoms with van der Waals surface area (Å²) in [6.45, 7) is 3.99. The van der Waals surface area contributed by atoms with Gasteiger partial charge < -0.3 is 0 Å². The van der Waals surface area contributed by atoms with Crippen LogP contribution in [0.3, 0.4) is 0 Å². The molecule has 12 heavy (non-hydrogen) atoms. The topological polar surface area (TPSA) is 25.8 Å². The SMILES string of the molecule is Cc1cc(C)nc([N+](C)(C)C)n1. The number of aryl methyl sites for hydroxylation is 2. The van der Waals surface area contributed by atoms with Gasteiger partial charge in [0.2, 0.25) is 0 Å². The minimum atomic E-state index is 0.669. The highest BCUT2D eigenvalue weighted by molar-refractivity contribution is 5.25. The molecule has 0 spiro atoms. The van der Waals surface area contributed by atoms with E-state index < -0.39 is 0 Å². The summed E-state index contributed by atoms with van der Waals surface area (Å²) in [4.78, 5) is 8.73. The van der Waals surface area contributed by atoms with Crippen LogP contribution < -0.4 is 4.48 Å². The van der Waals surface area contributed by atoms with Crippen LogP contribution in [0.2, 0.25) is 0 Å². The van der Waals surface area contributed by atoms with Gasteiger partial charge in [0.1, 0.15) is 0 Å². The lowest BCUT2D eigenvalue weighted by molar-refractivity contribution is 0.456. The Morgan fingerprint density at radius 3 is 1.75 bits per heavy atom. The van der Waals surface area contributed by atoms with Crippen molar-refractivity contribution in [3.05, 3.63) is 17.5 Å². The van der Waals surface area contributed by atoms with Crippen LogP contribution in [0.1, 0.15) is 11.4 Å². The Balaban J connectivity index is 3.18. The third-order valence-corrected chi connectivity index (χ3v) is 1.57. The van der Waals surface area contributed by atoms with E-state index in [1.807, 2.05) is 19.9 Å². The van der Waals surface area contributed by atoms with Crippen LogP contribution in [0, 0.1) is 13.8 Å². The summed E-state index contributed by atoms with van der Waals surface area (Å²) in [6.07, 6.45) is 0. The van der Waals surface area contributed by atoms with Crippen molar-refractivity contribution in [2.75, 3.05) is 21.1 Å². The van der Waals surface area contributed by atoms with Crippen LogP contribution in [-0.2, 0) is 0 Å². The van der Waals surface area contributed by atoms with Crippen LogP contribution in [0.5, 0.6) is 0 Å².